The van der Waals surface area contributed by atoms with Crippen molar-refractivity contribution in [2.75, 3.05) is 20.0 Å². The fourth-order valence-electron chi connectivity index (χ4n) is 2.25. The molecule has 7 nitrogen and oxygen atoms in total. The van der Waals surface area contributed by atoms with E-state index < -0.39 is 34.2 Å². The number of nitrogens with zero attached hydrogens (tertiary/aromatic N) is 2. The first-order valence-corrected chi connectivity index (χ1v) is 9.94. The molecule has 0 aliphatic rings. The summed E-state index contributed by atoms with van der Waals surface area (Å²) in [6.45, 7) is 0.0293. The number of sulfone groups is 1. The van der Waals surface area contributed by atoms with Crippen LogP contribution in [0.1, 0.15) is 6.92 Å². The average molecular weight is 420 g/mol. The second-order valence-electron chi connectivity index (χ2n) is 6.12. The van der Waals surface area contributed by atoms with Gasteiger partial charge < -0.3 is 9.47 Å². The number of hydrogen-bond donors (Lipinski definition) is 0. The van der Waals surface area contributed by atoms with E-state index >= 15 is 0 Å². The number of aromatic nitrogens is 2. The van der Waals surface area contributed by atoms with Gasteiger partial charge in [-0.05, 0) is 24.6 Å². The molecule has 1 unspecified atom stereocenters. The molecule has 0 fully saturated rings. The molecule has 0 N–H and O–H groups in total. The van der Waals surface area contributed by atoms with Crippen molar-refractivity contribution in [3.05, 3.63) is 40.8 Å². The van der Waals surface area contributed by atoms with Crippen LogP contribution in [0.15, 0.2) is 40.2 Å². The van der Waals surface area contributed by atoms with E-state index in [1.54, 1.807) is 6.92 Å². The Balaban J connectivity index is 2.53. The van der Waals surface area contributed by atoms with Gasteiger partial charge in [0.15, 0.2) is 15.6 Å². The largest absolute Gasteiger partial charge is 0.485 e. The average Bonchev–Trinajstić information content (AvgIpc) is 2.60. The first-order valence-electron chi connectivity index (χ1n) is 8.05. The summed E-state index contributed by atoms with van der Waals surface area (Å²) in [6.07, 6.45) is -2.92. The molecule has 0 radical (unpaired) electrons. The zero-order valence-corrected chi connectivity index (χ0v) is 16.2. The summed E-state index contributed by atoms with van der Waals surface area (Å²) in [5.74, 6) is -0.324. The van der Waals surface area contributed by atoms with Crippen molar-refractivity contribution in [3.63, 3.8) is 0 Å². The van der Waals surface area contributed by atoms with Gasteiger partial charge in [0.05, 0.1) is 17.2 Å². The molecule has 2 aromatic rings. The van der Waals surface area contributed by atoms with Crippen LogP contribution in [0.25, 0.3) is 11.1 Å². The predicted octanol–water partition coefficient (Wildman–Crippen LogP) is 2.29. The lowest BCUT2D eigenvalue weighted by Gasteiger charge is -2.16. The van der Waals surface area contributed by atoms with Crippen molar-refractivity contribution in [3.8, 4) is 16.9 Å². The first-order chi connectivity index (χ1) is 12.9. The molecule has 2 rings (SSSR count). The molecule has 0 amide bonds. The Kier molecular flexibility index (Phi) is 6.50. The second-order valence-corrected chi connectivity index (χ2v) is 8.13. The molecule has 1 atom stereocenters. The molecule has 1 aromatic heterocycles. The van der Waals surface area contributed by atoms with Gasteiger partial charge in [0.1, 0.15) is 13.2 Å². The van der Waals surface area contributed by atoms with Crippen molar-refractivity contribution in [2.45, 2.75) is 30.6 Å². The van der Waals surface area contributed by atoms with Gasteiger partial charge in [-0.15, -0.1) is 0 Å². The zero-order chi connectivity index (χ0) is 21.1. The number of ether oxygens (including phenoxy) is 2. The molecule has 1 aromatic carbocycles. The molecule has 1 heterocycles. The highest BCUT2D eigenvalue weighted by molar-refractivity contribution is 7.90. The first kappa shape index (κ1) is 21.9. The number of halogens is 3. The topological polar surface area (TPSA) is 87.5 Å². The van der Waals surface area contributed by atoms with Crippen LogP contribution in [0, 0.1) is 0 Å². The lowest BCUT2D eigenvalue weighted by molar-refractivity contribution is -0.143. The normalized spacial score (nSPS) is 13.4. The summed E-state index contributed by atoms with van der Waals surface area (Å²) in [5.41, 5.74) is -0.534. The Morgan fingerprint density at radius 1 is 1.21 bits per heavy atom. The van der Waals surface area contributed by atoms with Gasteiger partial charge in [-0.3, -0.25) is 4.79 Å². The molecular formula is C17H19F3N2O5S. The highest BCUT2D eigenvalue weighted by Gasteiger charge is 2.30. The summed E-state index contributed by atoms with van der Waals surface area (Å²) in [4.78, 5) is 12.6. The highest BCUT2D eigenvalue weighted by Crippen LogP contribution is 2.28. The Morgan fingerprint density at radius 2 is 1.82 bits per heavy atom. The molecule has 11 heteroatoms. The van der Waals surface area contributed by atoms with Gasteiger partial charge in [-0.1, -0.05) is 12.1 Å². The van der Waals surface area contributed by atoms with Gasteiger partial charge in [0, 0.05) is 18.9 Å². The van der Waals surface area contributed by atoms with Crippen molar-refractivity contribution in [1.29, 1.82) is 0 Å². The van der Waals surface area contributed by atoms with E-state index in [0.29, 0.717) is 5.56 Å². The maximum Gasteiger partial charge on any atom is 0.408 e. The molecule has 0 bridgehead atoms. The van der Waals surface area contributed by atoms with Crippen molar-refractivity contribution >= 4 is 9.84 Å². The maximum atomic E-state index is 12.7. The van der Waals surface area contributed by atoms with E-state index in [0.717, 1.165) is 12.5 Å². The minimum Gasteiger partial charge on any atom is -0.485 e. The quantitative estimate of drug-likeness (QED) is 0.683. The summed E-state index contributed by atoms with van der Waals surface area (Å²) < 4.78 is 71.9. The minimum absolute atomic E-state index is 0.0603. The van der Waals surface area contributed by atoms with Crippen LogP contribution in [-0.2, 0) is 21.1 Å². The third-order valence-corrected chi connectivity index (χ3v) is 4.92. The van der Waals surface area contributed by atoms with Crippen LogP contribution in [-0.4, -0.2) is 50.5 Å². The molecule has 0 aliphatic heterocycles. The van der Waals surface area contributed by atoms with Crippen LogP contribution in [0.2, 0.25) is 0 Å². The van der Waals surface area contributed by atoms with Crippen molar-refractivity contribution < 1.29 is 31.1 Å². The van der Waals surface area contributed by atoms with Gasteiger partial charge in [-0.25, -0.2) is 13.1 Å². The summed E-state index contributed by atoms with van der Waals surface area (Å²) in [7, 11) is -2.00. The Bertz CT molecular complexity index is 985. The van der Waals surface area contributed by atoms with Crippen LogP contribution < -0.4 is 10.3 Å². The molecule has 0 saturated carbocycles. The third-order valence-electron chi connectivity index (χ3n) is 3.79. The fraction of sp³-hybridized carbons (Fsp3) is 0.412. The van der Waals surface area contributed by atoms with Crippen LogP contribution in [0.5, 0.6) is 5.75 Å². The number of methoxy groups -OCH3 is 1. The van der Waals surface area contributed by atoms with Gasteiger partial charge in [0.2, 0.25) is 0 Å². The van der Waals surface area contributed by atoms with Crippen LogP contribution in [0.4, 0.5) is 13.2 Å². The molecule has 154 valence electrons. The lowest BCUT2D eigenvalue weighted by atomic mass is 10.1. The number of benzene rings is 1. The number of hydrogen-bond acceptors (Lipinski definition) is 6. The SMILES string of the molecule is COC(C)COc1c(-c2ccc(S(C)(=O)=O)cc2)cnn(CC(F)(F)F)c1=O. The van der Waals surface area contributed by atoms with E-state index in [1.807, 2.05) is 0 Å². The fourth-order valence-corrected chi connectivity index (χ4v) is 2.88. The molecule has 0 aliphatic carbocycles. The van der Waals surface area contributed by atoms with E-state index in [-0.39, 0.29) is 27.5 Å². The minimum atomic E-state index is -4.63. The Hall–Kier alpha value is -2.40. The van der Waals surface area contributed by atoms with E-state index in [1.165, 1.54) is 31.4 Å². The molecular weight excluding hydrogens is 401 g/mol. The van der Waals surface area contributed by atoms with Crippen LogP contribution in [0.3, 0.4) is 0 Å². The van der Waals surface area contributed by atoms with Crippen molar-refractivity contribution in [1.82, 2.24) is 9.78 Å². The maximum absolute atomic E-state index is 12.7. The zero-order valence-electron chi connectivity index (χ0n) is 15.4. The van der Waals surface area contributed by atoms with Gasteiger partial charge in [0.25, 0.3) is 0 Å². The van der Waals surface area contributed by atoms with Crippen LogP contribution >= 0.6 is 0 Å². The summed E-state index contributed by atoms with van der Waals surface area (Å²) >= 11 is 0. The van der Waals surface area contributed by atoms with Gasteiger partial charge >= 0.3 is 11.7 Å². The summed E-state index contributed by atoms with van der Waals surface area (Å²) in [5, 5.41) is 3.57. The summed E-state index contributed by atoms with van der Waals surface area (Å²) in [6, 6.07) is 5.50. The monoisotopic (exact) mass is 420 g/mol. The molecule has 0 spiro atoms. The standard InChI is InChI=1S/C17H19F3N2O5S/c1-11(26-2)9-27-15-14(8-21-22(16(15)23)10-17(18,19)20)12-4-6-13(7-5-12)28(3,24)25/h4-8,11H,9-10H2,1-3H3. The Morgan fingerprint density at radius 3 is 2.32 bits per heavy atom. The highest BCUT2D eigenvalue weighted by atomic mass is 32.2. The lowest BCUT2D eigenvalue weighted by Crippen LogP contribution is -2.32. The Labute approximate surface area is 159 Å². The van der Waals surface area contributed by atoms with E-state index in [2.05, 4.69) is 5.10 Å². The molecule has 0 saturated heterocycles. The van der Waals surface area contributed by atoms with Crippen molar-refractivity contribution in [2.24, 2.45) is 0 Å². The van der Waals surface area contributed by atoms with E-state index in [4.69, 9.17) is 9.47 Å². The second kappa shape index (κ2) is 8.31. The van der Waals surface area contributed by atoms with E-state index in [9.17, 15) is 26.4 Å². The predicted molar refractivity (Wildman–Crippen MR) is 95.1 cm³/mol. The van der Waals surface area contributed by atoms with Gasteiger partial charge in [-0.2, -0.15) is 18.3 Å². The number of rotatable bonds is 7. The third kappa shape index (κ3) is 5.55. The molecule has 28 heavy (non-hydrogen) atoms. The number of alkyl halides is 3. The smallest absolute Gasteiger partial charge is 0.408 e.